The Labute approximate surface area is 101 Å². The van der Waals surface area contributed by atoms with Crippen molar-refractivity contribution in [1.82, 2.24) is 5.32 Å². The third-order valence-corrected chi connectivity index (χ3v) is 3.66. The predicted octanol–water partition coefficient (Wildman–Crippen LogP) is 3.97. The van der Waals surface area contributed by atoms with Crippen molar-refractivity contribution < 1.29 is 9.90 Å². The lowest BCUT2D eigenvalue weighted by molar-refractivity contribution is 0.191. The molecular weight excluding hydrogens is 258 g/mol. The van der Waals surface area contributed by atoms with Crippen LogP contribution >= 0.6 is 15.9 Å². The Hall–Kier alpha value is -0.250. The molecule has 2 unspecified atom stereocenters. The highest BCUT2D eigenvalue weighted by atomic mass is 79.9. The number of carbonyl (C=O) groups is 1. The van der Waals surface area contributed by atoms with E-state index in [1.165, 1.54) is 32.1 Å². The molecule has 0 spiro atoms. The summed E-state index contributed by atoms with van der Waals surface area (Å²) in [7, 11) is 0. The fourth-order valence-electron chi connectivity index (χ4n) is 1.48. The molecule has 0 aliphatic rings. The van der Waals surface area contributed by atoms with E-state index >= 15 is 0 Å². The largest absolute Gasteiger partial charge is 0.465 e. The van der Waals surface area contributed by atoms with Gasteiger partial charge in [0, 0.05) is 0 Å². The summed E-state index contributed by atoms with van der Waals surface area (Å²) in [5, 5.41) is 11.0. The van der Waals surface area contributed by atoms with Crippen LogP contribution in [0.3, 0.4) is 0 Å². The van der Waals surface area contributed by atoms with Gasteiger partial charge in [-0.2, -0.15) is 0 Å². The molecule has 1 amide bonds. The van der Waals surface area contributed by atoms with Crippen molar-refractivity contribution in [1.29, 1.82) is 0 Å². The molecule has 0 heterocycles. The SMILES string of the molecule is CCCCCCCC(C)C(Br)NC(=O)O. The molecule has 0 aromatic rings. The summed E-state index contributed by atoms with van der Waals surface area (Å²) >= 11 is 3.33. The Kier molecular flexibility index (Phi) is 8.86. The van der Waals surface area contributed by atoms with E-state index in [0.29, 0.717) is 5.92 Å². The molecule has 0 aliphatic heterocycles. The monoisotopic (exact) mass is 279 g/mol. The van der Waals surface area contributed by atoms with Crippen LogP contribution in [0.4, 0.5) is 4.79 Å². The second kappa shape index (κ2) is 9.01. The van der Waals surface area contributed by atoms with Crippen molar-refractivity contribution in [2.45, 2.75) is 57.3 Å². The lowest BCUT2D eigenvalue weighted by Gasteiger charge is -2.17. The molecule has 0 fully saturated rings. The van der Waals surface area contributed by atoms with Crippen molar-refractivity contribution >= 4 is 22.0 Å². The maximum absolute atomic E-state index is 10.4. The second-order valence-electron chi connectivity index (χ2n) is 4.03. The fourth-order valence-corrected chi connectivity index (χ4v) is 1.94. The first-order valence-corrected chi connectivity index (χ1v) is 6.63. The van der Waals surface area contributed by atoms with Gasteiger partial charge in [-0.15, -0.1) is 0 Å². The third kappa shape index (κ3) is 8.73. The van der Waals surface area contributed by atoms with Gasteiger partial charge in [-0.3, -0.25) is 0 Å². The smallest absolute Gasteiger partial charge is 0.405 e. The molecule has 0 saturated heterocycles. The molecular formula is C11H22BrNO2. The second-order valence-corrected chi connectivity index (χ2v) is 5.02. The summed E-state index contributed by atoms with van der Waals surface area (Å²) in [6.07, 6.45) is 6.41. The molecule has 15 heavy (non-hydrogen) atoms. The zero-order chi connectivity index (χ0) is 11.7. The zero-order valence-corrected chi connectivity index (χ0v) is 11.2. The van der Waals surface area contributed by atoms with Crippen LogP contribution in [-0.2, 0) is 0 Å². The Morgan fingerprint density at radius 3 is 2.47 bits per heavy atom. The summed E-state index contributed by atoms with van der Waals surface area (Å²) in [4.78, 5) is 10.3. The van der Waals surface area contributed by atoms with Crippen molar-refractivity contribution in [3.8, 4) is 0 Å². The topological polar surface area (TPSA) is 49.3 Å². The molecule has 0 bridgehead atoms. The summed E-state index contributed by atoms with van der Waals surface area (Å²) in [5.74, 6) is 0.350. The molecule has 0 rings (SSSR count). The molecule has 0 radical (unpaired) electrons. The number of amides is 1. The number of alkyl halides is 1. The fraction of sp³-hybridized carbons (Fsp3) is 0.909. The molecule has 0 saturated carbocycles. The summed E-state index contributed by atoms with van der Waals surface area (Å²) in [6, 6.07) is 0. The van der Waals surface area contributed by atoms with Gasteiger partial charge in [0.2, 0.25) is 0 Å². The summed E-state index contributed by atoms with van der Waals surface area (Å²) in [5.41, 5.74) is 0. The standard InChI is InChI=1S/C11H22BrNO2/c1-3-4-5-6-7-8-9(2)10(12)13-11(14)15/h9-10,13H,3-8H2,1-2H3,(H,14,15). The Balaban J connectivity index is 3.46. The third-order valence-electron chi connectivity index (χ3n) is 2.52. The number of hydrogen-bond donors (Lipinski definition) is 2. The quantitative estimate of drug-likeness (QED) is 0.401. The van der Waals surface area contributed by atoms with Crippen molar-refractivity contribution in [2.24, 2.45) is 5.92 Å². The zero-order valence-electron chi connectivity index (χ0n) is 9.63. The van der Waals surface area contributed by atoms with Gasteiger partial charge in [-0.1, -0.05) is 61.9 Å². The van der Waals surface area contributed by atoms with Gasteiger partial charge in [0.1, 0.15) is 0 Å². The molecule has 0 aromatic carbocycles. The number of hydrogen-bond acceptors (Lipinski definition) is 1. The van der Waals surface area contributed by atoms with Crippen LogP contribution in [0.25, 0.3) is 0 Å². The van der Waals surface area contributed by atoms with Crippen LogP contribution in [0, 0.1) is 5.92 Å². The van der Waals surface area contributed by atoms with Crippen molar-refractivity contribution in [2.75, 3.05) is 0 Å². The molecule has 2 N–H and O–H groups in total. The molecule has 3 nitrogen and oxygen atoms in total. The minimum atomic E-state index is -0.963. The van der Waals surface area contributed by atoms with Crippen LogP contribution in [0.1, 0.15) is 52.4 Å². The molecule has 4 heteroatoms. The normalized spacial score (nSPS) is 14.6. The number of halogens is 1. The molecule has 90 valence electrons. The highest BCUT2D eigenvalue weighted by Gasteiger charge is 2.14. The van der Waals surface area contributed by atoms with E-state index in [4.69, 9.17) is 5.11 Å². The predicted molar refractivity (Wildman–Crippen MR) is 66.4 cm³/mol. The number of carboxylic acid groups (broad SMARTS) is 1. The first kappa shape index (κ1) is 14.8. The van der Waals surface area contributed by atoms with E-state index in [9.17, 15) is 4.79 Å². The molecule has 2 atom stereocenters. The van der Waals surface area contributed by atoms with E-state index in [0.717, 1.165) is 6.42 Å². The van der Waals surface area contributed by atoms with Crippen molar-refractivity contribution in [3.05, 3.63) is 0 Å². The minimum Gasteiger partial charge on any atom is -0.465 e. The Bertz CT molecular complexity index is 176. The van der Waals surface area contributed by atoms with E-state index < -0.39 is 6.09 Å². The van der Waals surface area contributed by atoms with Crippen LogP contribution in [0.5, 0.6) is 0 Å². The van der Waals surface area contributed by atoms with E-state index in [1.54, 1.807) is 0 Å². The maximum atomic E-state index is 10.4. The number of rotatable bonds is 8. The Morgan fingerprint density at radius 1 is 1.33 bits per heavy atom. The van der Waals surface area contributed by atoms with Gasteiger partial charge in [0.05, 0.1) is 4.95 Å². The van der Waals surface area contributed by atoms with E-state index in [-0.39, 0.29) is 4.95 Å². The van der Waals surface area contributed by atoms with Crippen molar-refractivity contribution in [3.63, 3.8) is 0 Å². The molecule has 0 aromatic heterocycles. The summed E-state index contributed by atoms with van der Waals surface area (Å²) < 4.78 is 0. The number of unbranched alkanes of at least 4 members (excludes halogenated alkanes) is 4. The van der Waals surface area contributed by atoms with Gasteiger partial charge in [-0.05, 0) is 12.3 Å². The van der Waals surface area contributed by atoms with E-state index in [1.807, 2.05) is 0 Å². The lowest BCUT2D eigenvalue weighted by Crippen LogP contribution is -2.33. The average Bonchev–Trinajstić information content (AvgIpc) is 2.16. The van der Waals surface area contributed by atoms with Crippen LogP contribution in [0.2, 0.25) is 0 Å². The summed E-state index contributed by atoms with van der Waals surface area (Å²) in [6.45, 7) is 4.27. The van der Waals surface area contributed by atoms with Gasteiger partial charge >= 0.3 is 6.09 Å². The van der Waals surface area contributed by atoms with Gasteiger partial charge in [-0.25, -0.2) is 4.79 Å². The van der Waals surface area contributed by atoms with Gasteiger partial charge in [0.25, 0.3) is 0 Å². The van der Waals surface area contributed by atoms with Gasteiger partial charge in [0.15, 0.2) is 0 Å². The average molecular weight is 280 g/mol. The number of nitrogens with one attached hydrogen (secondary N) is 1. The molecule has 0 aliphatic carbocycles. The lowest BCUT2D eigenvalue weighted by atomic mass is 10.0. The minimum absolute atomic E-state index is 0.124. The maximum Gasteiger partial charge on any atom is 0.405 e. The Morgan fingerprint density at radius 2 is 1.93 bits per heavy atom. The highest BCUT2D eigenvalue weighted by Crippen LogP contribution is 2.18. The van der Waals surface area contributed by atoms with E-state index in [2.05, 4.69) is 35.1 Å². The van der Waals surface area contributed by atoms with Crippen LogP contribution < -0.4 is 5.32 Å². The first-order valence-electron chi connectivity index (χ1n) is 5.71. The van der Waals surface area contributed by atoms with Gasteiger partial charge < -0.3 is 10.4 Å². The highest BCUT2D eigenvalue weighted by molar-refractivity contribution is 9.09. The first-order chi connectivity index (χ1) is 7.07. The van der Waals surface area contributed by atoms with Crippen LogP contribution in [0.15, 0.2) is 0 Å². The van der Waals surface area contributed by atoms with Crippen LogP contribution in [-0.4, -0.2) is 16.2 Å².